The lowest BCUT2D eigenvalue weighted by Crippen LogP contribution is -2.53. The molecule has 11 nitrogen and oxygen atoms in total. The third-order valence-electron chi connectivity index (χ3n) is 4.68. The Morgan fingerprint density at radius 2 is 1.80 bits per heavy atom. The molecule has 5 N–H and O–H groups in total. The number of hydrogen-bond acceptors (Lipinski definition) is 8. The van der Waals surface area contributed by atoms with E-state index in [0.717, 1.165) is 11.1 Å². The maximum absolute atomic E-state index is 12.2. The molecule has 0 aliphatic heterocycles. The minimum absolute atomic E-state index is 0.157. The molecule has 3 aromatic rings. The first kappa shape index (κ1) is 24.9. The number of nitrogens with zero attached hydrogens (tertiary/aromatic N) is 3. The van der Waals surface area contributed by atoms with Gasteiger partial charge in [0, 0.05) is 24.8 Å². The summed E-state index contributed by atoms with van der Waals surface area (Å²) in [5.74, 6) is -0.541. The number of nitriles is 1. The SMILES string of the molecule is Cc1ccc(CNC(NC(=O)NCCC#N)Nc2ccc(Oc3ccc(C(=O)O)nn3)cc2)cc1. The summed E-state index contributed by atoms with van der Waals surface area (Å²) in [7, 11) is 0. The number of urea groups is 1. The molecule has 3 rings (SSSR count). The summed E-state index contributed by atoms with van der Waals surface area (Å²) in [5, 5.41) is 36.7. The summed E-state index contributed by atoms with van der Waals surface area (Å²) in [5.41, 5.74) is 2.73. The van der Waals surface area contributed by atoms with Crippen LogP contribution in [0.15, 0.2) is 60.7 Å². The number of carbonyl (C=O) groups is 2. The number of aryl methyl sites for hydroxylation is 1. The Hall–Kier alpha value is -4.69. The Labute approximate surface area is 202 Å². The van der Waals surface area contributed by atoms with Crippen molar-refractivity contribution in [1.29, 1.82) is 5.26 Å². The molecular formula is C24H25N7O4. The summed E-state index contributed by atoms with van der Waals surface area (Å²) in [6.45, 7) is 2.76. The van der Waals surface area contributed by atoms with Gasteiger partial charge in [0.15, 0.2) is 12.0 Å². The Balaban J connectivity index is 1.62. The maximum Gasteiger partial charge on any atom is 0.356 e. The first-order valence-electron chi connectivity index (χ1n) is 10.7. The Morgan fingerprint density at radius 1 is 1.06 bits per heavy atom. The fourth-order valence-electron chi connectivity index (χ4n) is 2.87. The molecular weight excluding hydrogens is 450 g/mol. The van der Waals surface area contributed by atoms with Crippen LogP contribution in [0, 0.1) is 18.3 Å². The molecule has 1 unspecified atom stereocenters. The van der Waals surface area contributed by atoms with Crippen LogP contribution in [-0.4, -0.2) is 40.1 Å². The van der Waals surface area contributed by atoms with Crippen molar-refractivity contribution in [2.45, 2.75) is 26.2 Å². The fourth-order valence-corrected chi connectivity index (χ4v) is 2.87. The first-order chi connectivity index (χ1) is 16.9. The molecule has 0 spiro atoms. The molecule has 0 aliphatic rings. The number of ether oxygens (including phenoxy) is 1. The molecule has 2 amide bonds. The number of amides is 2. The zero-order valence-electron chi connectivity index (χ0n) is 19.0. The second-order valence-corrected chi connectivity index (χ2v) is 7.44. The molecule has 0 saturated heterocycles. The number of aromatic nitrogens is 2. The van der Waals surface area contributed by atoms with E-state index in [1.807, 2.05) is 37.3 Å². The number of hydrogen-bond donors (Lipinski definition) is 5. The lowest BCUT2D eigenvalue weighted by Gasteiger charge is -2.23. The smallest absolute Gasteiger partial charge is 0.356 e. The van der Waals surface area contributed by atoms with Crippen LogP contribution < -0.4 is 26.0 Å². The Morgan fingerprint density at radius 3 is 2.43 bits per heavy atom. The van der Waals surface area contributed by atoms with E-state index in [9.17, 15) is 9.59 Å². The van der Waals surface area contributed by atoms with Crippen molar-refractivity contribution in [1.82, 2.24) is 26.1 Å². The van der Waals surface area contributed by atoms with Gasteiger partial charge in [0.25, 0.3) is 0 Å². The predicted molar refractivity (Wildman–Crippen MR) is 128 cm³/mol. The predicted octanol–water partition coefficient (Wildman–Crippen LogP) is 2.97. The lowest BCUT2D eigenvalue weighted by atomic mass is 10.1. The van der Waals surface area contributed by atoms with Crippen LogP contribution >= 0.6 is 0 Å². The van der Waals surface area contributed by atoms with Crippen LogP contribution in [0.1, 0.15) is 28.0 Å². The quantitative estimate of drug-likeness (QED) is 0.207. The molecule has 11 heteroatoms. The normalized spacial score (nSPS) is 11.1. The highest BCUT2D eigenvalue weighted by atomic mass is 16.5. The van der Waals surface area contributed by atoms with Gasteiger partial charge in [0.2, 0.25) is 5.88 Å². The molecule has 1 heterocycles. The summed E-state index contributed by atoms with van der Waals surface area (Å²) < 4.78 is 5.59. The van der Waals surface area contributed by atoms with Crippen molar-refractivity contribution in [2.75, 3.05) is 11.9 Å². The van der Waals surface area contributed by atoms with E-state index in [-0.39, 0.29) is 24.5 Å². The third-order valence-corrected chi connectivity index (χ3v) is 4.68. The van der Waals surface area contributed by atoms with Gasteiger partial charge < -0.3 is 25.8 Å². The largest absolute Gasteiger partial charge is 0.476 e. The van der Waals surface area contributed by atoms with E-state index >= 15 is 0 Å². The van der Waals surface area contributed by atoms with E-state index in [0.29, 0.717) is 18.0 Å². The van der Waals surface area contributed by atoms with Crippen molar-refractivity contribution >= 4 is 17.7 Å². The van der Waals surface area contributed by atoms with Crippen molar-refractivity contribution < 1.29 is 19.4 Å². The highest BCUT2D eigenvalue weighted by Gasteiger charge is 2.12. The Kier molecular flexibility index (Phi) is 8.92. The Bertz CT molecular complexity index is 1160. The number of benzene rings is 2. The zero-order chi connectivity index (χ0) is 25.0. The molecule has 0 saturated carbocycles. The van der Waals surface area contributed by atoms with Crippen molar-refractivity contribution in [3.8, 4) is 17.7 Å². The van der Waals surface area contributed by atoms with Crippen molar-refractivity contribution in [2.24, 2.45) is 0 Å². The molecule has 35 heavy (non-hydrogen) atoms. The van der Waals surface area contributed by atoms with Crippen molar-refractivity contribution in [3.05, 3.63) is 77.5 Å². The minimum atomic E-state index is -1.17. The van der Waals surface area contributed by atoms with Gasteiger partial charge in [0.1, 0.15) is 5.75 Å². The lowest BCUT2D eigenvalue weighted by molar-refractivity contribution is 0.0689. The fraction of sp³-hybridized carbons (Fsp3) is 0.208. The van der Waals surface area contributed by atoms with Gasteiger partial charge in [-0.25, -0.2) is 9.59 Å². The van der Waals surface area contributed by atoms with Crippen LogP contribution in [0.4, 0.5) is 10.5 Å². The van der Waals surface area contributed by atoms with Crippen LogP contribution in [0.25, 0.3) is 0 Å². The van der Waals surface area contributed by atoms with Crippen LogP contribution in [0.3, 0.4) is 0 Å². The van der Waals surface area contributed by atoms with E-state index in [1.54, 1.807) is 24.3 Å². The molecule has 0 aliphatic carbocycles. The van der Waals surface area contributed by atoms with Gasteiger partial charge in [-0.15, -0.1) is 10.2 Å². The molecule has 0 fully saturated rings. The highest BCUT2D eigenvalue weighted by molar-refractivity contribution is 5.85. The van der Waals surface area contributed by atoms with Crippen molar-refractivity contribution in [3.63, 3.8) is 0 Å². The molecule has 0 bridgehead atoms. The molecule has 180 valence electrons. The number of carbonyl (C=O) groups excluding carboxylic acids is 1. The summed E-state index contributed by atoms with van der Waals surface area (Å²) in [6.07, 6.45) is -0.396. The van der Waals surface area contributed by atoms with Crippen LogP contribution in [-0.2, 0) is 6.54 Å². The zero-order valence-corrected chi connectivity index (χ0v) is 19.0. The van der Waals surface area contributed by atoms with Gasteiger partial charge in [-0.3, -0.25) is 5.32 Å². The average molecular weight is 476 g/mol. The molecule has 1 atom stereocenters. The molecule has 1 aromatic heterocycles. The van der Waals surface area contributed by atoms with E-state index < -0.39 is 18.3 Å². The van der Waals surface area contributed by atoms with E-state index in [1.165, 1.54) is 12.1 Å². The molecule has 0 radical (unpaired) electrons. The number of carboxylic acid groups (broad SMARTS) is 1. The average Bonchev–Trinajstić information content (AvgIpc) is 2.85. The number of rotatable bonds is 11. The monoisotopic (exact) mass is 475 g/mol. The highest BCUT2D eigenvalue weighted by Crippen LogP contribution is 2.21. The van der Waals surface area contributed by atoms with E-state index in [4.69, 9.17) is 15.1 Å². The number of nitrogens with one attached hydrogen (secondary N) is 4. The number of anilines is 1. The van der Waals surface area contributed by atoms with Gasteiger partial charge >= 0.3 is 12.0 Å². The summed E-state index contributed by atoms with van der Waals surface area (Å²) in [4.78, 5) is 23.1. The minimum Gasteiger partial charge on any atom is -0.476 e. The standard InChI is InChI=1S/C24H25N7O4/c1-16-3-5-17(6-4-16)15-27-23(29-24(34)26-14-2-13-25)28-18-7-9-19(10-8-18)35-21-12-11-20(22(32)33)30-31-21/h3-12,23,27-28H,2,14-15H2,1H3,(H,32,33)(H2,26,29,34). The second kappa shape index (κ2) is 12.5. The third kappa shape index (κ3) is 8.30. The topological polar surface area (TPSA) is 161 Å². The maximum atomic E-state index is 12.2. The number of carboxylic acids is 1. The number of aromatic carboxylic acids is 1. The van der Waals surface area contributed by atoms with Gasteiger partial charge in [-0.1, -0.05) is 29.8 Å². The van der Waals surface area contributed by atoms with Crippen LogP contribution in [0.5, 0.6) is 11.6 Å². The summed E-state index contributed by atoms with van der Waals surface area (Å²) in [6, 6.07) is 19.2. The van der Waals surface area contributed by atoms with Gasteiger partial charge in [-0.2, -0.15) is 5.26 Å². The van der Waals surface area contributed by atoms with E-state index in [2.05, 4.69) is 31.5 Å². The molecule has 2 aromatic carbocycles. The first-order valence-corrected chi connectivity index (χ1v) is 10.7. The van der Waals surface area contributed by atoms with Gasteiger partial charge in [-0.05, 0) is 42.8 Å². The summed E-state index contributed by atoms with van der Waals surface area (Å²) >= 11 is 0. The second-order valence-electron chi connectivity index (χ2n) is 7.44. The van der Waals surface area contributed by atoms with Gasteiger partial charge in [0.05, 0.1) is 12.5 Å². The van der Waals surface area contributed by atoms with Crippen LogP contribution in [0.2, 0.25) is 0 Å².